The minimum Gasteiger partial charge on any atom is -0.466 e. The average Bonchev–Trinajstić information content (AvgIpc) is 3.43. The molecule has 3 aromatic carbocycles. The summed E-state index contributed by atoms with van der Waals surface area (Å²) in [6, 6.07) is 25.3. The molecule has 0 aliphatic heterocycles. The number of alkyl carbamates (subject to hydrolysis) is 1. The summed E-state index contributed by atoms with van der Waals surface area (Å²) in [5.74, 6) is -1.01. The molecule has 1 aromatic heterocycles. The van der Waals surface area contributed by atoms with Gasteiger partial charge >= 0.3 is 12.1 Å². The van der Waals surface area contributed by atoms with E-state index in [2.05, 4.69) is 60.7 Å². The maximum absolute atomic E-state index is 13.8. The molecule has 0 unspecified atom stereocenters. The molecule has 0 fully saturated rings. The molecule has 48 heavy (non-hydrogen) atoms. The van der Waals surface area contributed by atoms with E-state index in [1.807, 2.05) is 36.4 Å². The zero-order valence-electron chi connectivity index (χ0n) is 28.7. The molecule has 0 aliphatic carbocycles. The number of ether oxygens (including phenoxy) is 2. The van der Waals surface area contributed by atoms with Gasteiger partial charge < -0.3 is 29.5 Å². The second kappa shape index (κ2) is 15.4. The molecule has 2 amide bonds. The first-order valence-corrected chi connectivity index (χ1v) is 18.4. The van der Waals surface area contributed by atoms with Crippen LogP contribution in [0.5, 0.6) is 0 Å². The molecule has 11 heteroatoms. The van der Waals surface area contributed by atoms with Crippen LogP contribution in [0.3, 0.4) is 0 Å². The van der Waals surface area contributed by atoms with Crippen LogP contribution in [-0.2, 0) is 18.7 Å². The SMILES string of the molecule is CCOC(=O)C[C@@H](NC(=O)c1cc2cc(Cl)ccc2[nH]1)[C@@H](CO[Si](c1ccccc1)(c1ccccc1)C(C)(C)C)NC(=O)OC(C)(C)C. The number of carbonyl (C=O) groups is 3. The van der Waals surface area contributed by atoms with Gasteiger partial charge in [-0.25, -0.2) is 4.79 Å². The third-order valence-corrected chi connectivity index (χ3v) is 13.2. The van der Waals surface area contributed by atoms with Gasteiger partial charge in [-0.1, -0.05) is 93.0 Å². The Balaban J connectivity index is 1.77. The average molecular weight is 692 g/mol. The summed E-state index contributed by atoms with van der Waals surface area (Å²) in [6.45, 7) is 13.6. The smallest absolute Gasteiger partial charge is 0.408 e. The molecule has 0 saturated carbocycles. The molecular formula is C37H46ClN3O6Si. The van der Waals surface area contributed by atoms with Crippen LogP contribution in [0.1, 0.15) is 65.4 Å². The number of nitrogens with one attached hydrogen (secondary N) is 3. The lowest BCUT2D eigenvalue weighted by atomic mass is 10.1. The summed E-state index contributed by atoms with van der Waals surface area (Å²) < 4.78 is 18.1. The number of rotatable bonds is 12. The molecular weight excluding hydrogens is 646 g/mol. The lowest BCUT2D eigenvalue weighted by Gasteiger charge is -2.44. The Bertz CT molecular complexity index is 1660. The Morgan fingerprint density at radius 2 is 1.44 bits per heavy atom. The number of fused-ring (bicyclic) bond motifs is 1. The molecule has 1 heterocycles. The first-order chi connectivity index (χ1) is 22.6. The molecule has 0 aliphatic rings. The van der Waals surface area contributed by atoms with Crippen LogP contribution < -0.4 is 21.0 Å². The maximum Gasteiger partial charge on any atom is 0.408 e. The number of halogens is 1. The van der Waals surface area contributed by atoms with Crippen molar-refractivity contribution < 1.29 is 28.3 Å². The highest BCUT2D eigenvalue weighted by molar-refractivity contribution is 6.99. The Hall–Kier alpha value is -4.12. The van der Waals surface area contributed by atoms with Gasteiger partial charge in [-0.3, -0.25) is 9.59 Å². The molecule has 0 bridgehead atoms. The second-order valence-electron chi connectivity index (χ2n) is 13.7. The minimum absolute atomic E-state index is 0.0425. The fourth-order valence-electron chi connectivity index (χ4n) is 5.86. The maximum atomic E-state index is 13.8. The van der Waals surface area contributed by atoms with Crippen molar-refractivity contribution >= 4 is 59.2 Å². The van der Waals surface area contributed by atoms with Crippen LogP contribution in [0.2, 0.25) is 10.1 Å². The predicted octanol–water partition coefficient (Wildman–Crippen LogP) is 6.34. The molecule has 9 nitrogen and oxygen atoms in total. The van der Waals surface area contributed by atoms with Crippen molar-refractivity contribution in [3.8, 4) is 0 Å². The van der Waals surface area contributed by atoms with Crippen molar-refractivity contribution in [3.05, 3.63) is 95.6 Å². The summed E-state index contributed by atoms with van der Waals surface area (Å²) in [4.78, 5) is 43.2. The summed E-state index contributed by atoms with van der Waals surface area (Å²) in [5.41, 5.74) is 0.203. The molecule has 4 rings (SSSR count). The van der Waals surface area contributed by atoms with E-state index in [-0.39, 0.29) is 30.4 Å². The third-order valence-electron chi connectivity index (χ3n) is 7.92. The van der Waals surface area contributed by atoms with E-state index in [1.54, 1.807) is 52.0 Å². The Labute approximate surface area is 288 Å². The van der Waals surface area contributed by atoms with Gasteiger partial charge in [-0.2, -0.15) is 0 Å². The van der Waals surface area contributed by atoms with E-state index in [0.717, 1.165) is 21.3 Å². The van der Waals surface area contributed by atoms with Crippen LogP contribution in [0.15, 0.2) is 84.9 Å². The van der Waals surface area contributed by atoms with E-state index in [9.17, 15) is 14.4 Å². The van der Waals surface area contributed by atoms with Crippen molar-refractivity contribution in [1.82, 2.24) is 15.6 Å². The molecule has 0 radical (unpaired) electrons. The number of benzene rings is 3. The molecule has 256 valence electrons. The predicted molar refractivity (Wildman–Crippen MR) is 193 cm³/mol. The normalized spacial score (nSPS) is 13.4. The van der Waals surface area contributed by atoms with Crippen molar-refractivity contribution in [2.24, 2.45) is 0 Å². The van der Waals surface area contributed by atoms with Crippen LogP contribution >= 0.6 is 11.6 Å². The van der Waals surface area contributed by atoms with Crippen LogP contribution in [-0.4, -0.2) is 62.2 Å². The quantitative estimate of drug-likeness (QED) is 0.118. The van der Waals surface area contributed by atoms with Crippen molar-refractivity contribution in [2.45, 2.75) is 77.6 Å². The van der Waals surface area contributed by atoms with Gasteiger partial charge in [0.1, 0.15) is 11.3 Å². The first kappa shape index (κ1) is 36.7. The van der Waals surface area contributed by atoms with Crippen LogP contribution in [0, 0.1) is 0 Å². The Kier molecular flexibility index (Phi) is 11.8. The second-order valence-corrected chi connectivity index (χ2v) is 18.5. The molecule has 0 spiro atoms. The lowest BCUT2D eigenvalue weighted by Crippen LogP contribution is -2.68. The standard InChI is InChI=1S/C37H46ClN3O6Si/c1-8-45-33(42)23-30(40-34(43)31-22-25-21-26(38)19-20-29(25)39-31)32(41-35(44)47-36(2,3)4)24-46-48(37(5,6)7,27-15-11-9-12-16-27)28-17-13-10-14-18-28/h9-22,30,32,39H,8,23-24H2,1-7H3,(H,40,43)(H,41,44)/t30-,32-/m1/s1. The molecule has 2 atom stereocenters. The number of H-pyrrole nitrogens is 1. The highest BCUT2D eigenvalue weighted by Crippen LogP contribution is 2.37. The van der Waals surface area contributed by atoms with Gasteiger partial charge in [-0.05, 0) is 67.4 Å². The van der Waals surface area contributed by atoms with Gasteiger partial charge in [0.2, 0.25) is 0 Å². The number of hydrogen-bond acceptors (Lipinski definition) is 6. The third kappa shape index (κ3) is 9.06. The van der Waals surface area contributed by atoms with Crippen LogP contribution in [0.25, 0.3) is 10.9 Å². The van der Waals surface area contributed by atoms with E-state index < -0.39 is 44.0 Å². The zero-order chi connectivity index (χ0) is 35.1. The van der Waals surface area contributed by atoms with Gasteiger partial charge in [0.05, 0.1) is 31.7 Å². The molecule has 0 saturated heterocycles. The van der Waals surface area contributed by atoms with E-state index in [4.69, 9.17) is 25.5 Å². The fraction of sp³-hybridized carbons (Fsp3) is 0.378. The number of aromatic nitrogens is 1. The highest BCUT2D eigenvalue weighted by atomic mass is 35.5. The van der Waals surface area contributed by atoms with Crippen molar-refractivity contribution in [3.63, 3.8) is 0 Å². The van der Waals surface area contributed by atoms with E-state index in [1.165, 1.54) is 0 Å². The molecule has 4 aromatic rings. The largest absolute Gasteiger partial charge is 0.466 e. The monoisotopic (exact) mass is 691 g/mol. The first-order valence-electron chi connectivity index (χ1n) is 16.1. The lowest BCUT2D eigenvalue weighted by molar-refractivity contribution is -0.143. The Morgan fingerprint density at radius 1 is 0.833 bits per heavy atom. The van der Waals surface area contributed by atoms with Gasteiger partial charge in [-0.15, -0.1) is 0 Å². The summed E-state index contributed by atoms with van der Waals surface area (Å²) in [7, 11) is -3.08. The fourth-order valence-corrected chi connectivity index (χ4v) is 10.6. The van der Waals surface area contributed by atoms with E-state index >= 15 is 0 Å². The van der Waals surface area contributed by atoms with Crippen molar-refractivity contribution in [2.75, 3.05) is 13.2 Å². The minimum atomic E-state index is -3.08. The molecule has 3 N–H and O–H groups in total. The number of esters is 1. The van der Waals surface area contributed by atoms with Gasteiger partial charge in [0.25, 0.3) is 14.2 Å². The summed E-state index contributed by atoms with van der Waals surface area (Å²) in [6.07, 6.45) is -0.933. The number of hydrogen-bond donors (Lipinski definition) is 3. The zero-order valence-corrected chi connectivity index (χ0v) is 30.4. The Morgan fingerprint density at radius 3 is 1.98 bits per heavy atom. The number of aromatic amines is 1. The number of amides is 2. The van der Waals surface area contributed by atoms with Crippen molar-refractivity contribution in [1.29, 1.82) is 0 Å². The highest BCUT2D eigenvalue weighted by Gasteiger charge is 2.51. The van der Waals surface area contributed by atoms with Gasteiger partial charge in [0, 0.05) is 15.9 Å². The van der Waals surface area contributed by atoms with Gasteiger partial charge in [0.15, 0.2) is 0 Å². The topological polar surface area (TPSA) is 119 Å². The van der Waals surface area contributed by atoms with Crippen LogP contribution in [0.4, 0.5) is 4.79 Å². The summed E-state index contributed by atoms with van der Waals surface area (Å²) in [5, 5.41) is 8.93. The van der Waals surface area contributed by atoms with E-state index in [0.29, 0.717) is 5.02 Å². The number of carbonyl (C=O) groups excluding carboxylic acids is 3. The summed E-state index contributed by atoms with van der Waals surface area (Å²) >= 11 is 6.18.